The highest BCUT2D eigenvalue weighted by atomic mass is 32.2. The van der Waals surface area contributed by atoms with Crippen molar-refractivity contribution in [2.24, 2.45) is 0 Å². The molecule has 28 heavy (non-hydrogen) atoms. The number of sulfonamides is 1. The summed E-state index contributed by atoms with van der Waals surface area (Å²) in [7, 11) is 0.0682. The molecule has 0 heterocycles. The van der Waals surface area contributed by atoms with Gasteiger partial charge in [-0.2, -0.15) is 0 Å². The molecule has 2 aromatic carbocycles. The Morgan fingerprint density at radius 2 is 1.82 bits per heavy atom. The molecule has 0 amide bonds. The summed E-state index contributed by atoms with van der Waals surface area (Å²) >= 11 is 0. The first-order chi connectivity index (χ1) is 13.1. The summed E-state index contributed by atoms with van der Waals surface area (Å²) in [5, 5.41) is 9.33. The van der Waals surface area contributed by atoms with Crippen LogP contribution in [-0.4, -0.2) is 58.1 Å². The lowest BCUT2D eigenvalue weighted by atomic mass is 10.1. The standard InChI is InChI=1S/C20H27N3O4S/c1-5-23(12-11-22(3)4)19-10-9-16(20(24)25)14-18(19)21-28(26,27)17-8-6-7-15(2)13-17/h6-10,13-14,21H,5,11-12H2,1-4H3,(H,24,25). The van der Waals surface area contributed by atoms with Crippen molar-refractivity contribution < 1.29 is 18.3 Å². The summed E-state index contributed by atoms with van der Waals surface area (Å²) in [5.74, 6) is -1.11. The van der Waals surface area contributed by atoms with Crippen molar-refractivity contribution >= 4 is 27.4 Å². The largest absolute Gasteiger partial charge is 0.478 e. The number of aromatic carboxylic acids is 1. The third kappa shape index (κ3) is 5.46. The molecule has 0 atom stereocenters. The Labute approximate surface area is 166 Å². The first kappa shape index (κ1) is 21.7. The van der Waals surface area contributed by atoms with Crippen LogP contribution in [0.25, 0.3) is 0 Å². The molecule has 0 aromatic heterocycles. The molecule has 0 fully saturated rings. The lowest BCUT2D eigenvalue weighted by Crippen LogP contribution is -2.32. The van der Waals surface area contributed by atoms with Crippen molar-refractivity contribution in [2.75, 3.05) is 43.4 Å². The normalized spacial score (nSPS) is 11.5. The van der Waals surface area contributed by atoms with Gasteiger partial charge < -0.3 is 14.9 Å². The molecule has 2 aromatic rings. The minimum Gasteiger partial charge on any atom is -0.478 e. The number of nitrogens with zero attached hydrogens (tertiary/aromatic N) is 2. The topological polar surface area (TPSA) is 89.9 Å². The average molecular weight is 406 g/mol. The summed E-state index contributed by atoms with van der Waals surface area (Å²) in [4.78, 5) is 15.6. The molecule has 0 bridgehead atoms. The first-order valence-corrected chi connectivity index (χ1v) is 10.5. The van der Waals surface area contributed by atoms with Crippen LogP contribution in [0.4, 0.5) is 11.4 Å². The predicted octanol–water partition coefficient (Wildman–Crippen LogP) is 2.88. The van der Waals surface area contributed by atoms with Gasteiger partial charge in [0.1, 0.15) is 0 Å². The van der Waals surface area contributed by atoms with Crippen molar-refractivity contribution in [3.63, 3.8) is 0 Å². The van der Waals surface area contributed by atoms with Crippen molar-refractivity contribution in [3.8, 4) is 0 Å². The van der Waals surface area contributed by atoms with Crippen LogP contribution in [0.15, 0.2) is 47.4 Å². The average Bonchev–Trinajstić information content (AvgIpc) is 2.62. The number of nitrogens with one attached hydrogen (secondary N) is 1. The fraction of sp³-hybridized carbons (Fsp3) is 0.350. The van der Waals surface area contributed by atoms with Crippen LogP contribution in [0, 0.1) is 6.92 Å². The third-order valence-electron chi connectivity index (χ3n) is 4.33. The molecular formula is C20H27N3O4S. The summed E-state index contributed by atoms with van der Waals surface area (Å²) < 4.78 is 28.3. The van der Waals surface area contributed by atoms with E-state index in [0.717, 1.165) is 12.1 Å². The number of aryl methyl sites for hydroxylation is 1. The lowest BCUT2D eigenvalue weighted by Gasteiger charge is -2.27. The SMILES string of the molecule is CCN(CCN(C)C)c1ccc(C(=O)O)cc1NS(=O)(=O)c1cccc(C)c1. The minimum atomic E-state index is -3.85. The van der Waals surface area contributed by atoms with Gasteiger partial charge in [-0.15, -0.1) is 0 Å². The Kier molecular flexibility index (Phi) is 7.04. The fourth-order valence-corrected chi connectivity index (χ4v) is 3.95. The number of hydrogen-bond acceptors (Lipinski definition) is 5. The maximum atomic E-state index is 12.9. The van der Waals surface area contributed by atoms with Crippen LogP contribution >= 0.6 is 0 Å². The van der Waals surface area contributed by atoms with Gasteiger partial charge in [-0.3, -0.25) is 4.72 Å². The van der Waals surface area contributed by atoms with E-state index in [1.54, 1.807) is 18.2 Å². The second kappa shape index (κ2) is 9.07. The molecular weight excluding hydrogens is 378 g/mol. The molecule has 0 saturated carbocycles. The van der Waals surface area contributed by atoms with Gasteiger partial charge in [0.15, 0.2) is 0 Å². The van der Waals surface area contributed by atoms with Gasteiger partial charge in [-0.1, -0.05) is 12.1 Å². The van der Waals surface area contributed by atoms with Gasteiger partial charge in [0, 0.05) is 19.6 Å². The zero-order valence-corrected chi connectivity index (χ0v) is 17.5. The molecule has 8 heteroatoms. The number of rotatable bonds is 9. The number of carboxylic acid groups (broad SMARTS) is 1. The summed E-state index contributed by atoms with van der Waals surface area (Å²) in [5.41, 5.74) is 1.74. The maximum Gasteiger partial charge on any atom is 0.335 e. The van der Waals surface area contributed by atoms with Crippen molar-refractivity contribution in [3.05, 3.63) is 53.6 Å². The Balaban J connectivity index is 2.47. The van der Waals surface area contributed by atoms with E-state index in [-0.39, 0.29) is 16.1 Å². The molecule has 2 rings (SSSR count). The van der Waals surface area contributed by atoms with Gasteiger partial charge in [-0.25, -0.2) is 13.2 Å². The van der Waals surface area contributed by atoms with E-state index in [2.05, 4.69) is 4.72 Å². The highest BCUT2D eigenvalue weighted by Gasteiger charge is 2.20. The first-order valence-electron chi connectivity index (χ1n) is 9.00. The van der Waals surface area contributed by atoms with E-state index in [4.69, 9.17) is 0 Å². The van der Waals surface area contributed by atoms with E-state index < -0.39 is 16.0 Å². The van der Waals surface area contributed by atoms with E-state index in [0.29, 0.717) is 18.8 Å². The third-order valence-corrected chi connectivity index (χ3v) is 5.69. The molecule has 0 aliphatic heterocycles. The Morgan fingerprint density at radius 1 is 1.11 bits per heavy atom. The van der Waals surface area contributed by atoms with Crippen LogP contribution in [0.5, 0.6) is 0 Å². The monoisotopic (exact) mass is 405 g/mol. The molecule has 0 aliphatic carbocycles. The van der Waals surface area contributed by atoms with Crippen molar-refractivity contribution in [1.29, 1.82) is 0 Å². The van der Waals surface area contributed by atoms with Crippen LogP contribution < -0.4 is 9.62 Å². The van der Waals surface area contributed by atoms with E-state index in [1.807, 2.05) is 43.8 Å². The number of carbonyl (C=O) groups is 1. The van der Waals surface area contributed by atoms with Gasteiger partial charge >= 0.3 is 5.97 Å². The minimum absolute atomic E-state index is 0.0226. The zero-order valence-electron chi connectivity index (χ0n) is 16.6. The second-order valence-electron chi connectivity index (χ2n) is 6.84. The second-order valence-corrected chi connectivity index (χ2v) is 8.52. The maximum absolute atomic E-state index is 12.9. The van der Waals surface area contributed by atoms with E-state index in [9.17, 15) is 18.3 Å². The lowest BCUT2D eigenvalue weighted by molar-refractivity contribution is 0.0697. The number of likely N-dealkylation sites (N-methyl/N-ethyl adjacent to an activating group) is 2. The summed E-state index contributed by atoms with van der Waals surface area (Å²) in [6.45, 7) is 5.89. The summed E-state index contributed by atoms with van der Waals surface area (Å²) in [6.07, 6.45) is 0. The van der Waals surface area contributed by atoms with Gasteiger partial charge in [0.2, 0.25) is 0 Å². The highest BCUT2D eigenvalue weighted by molar-refractivity contribution is 7.92. The Morgan fingerprint density at radius 3 is 2.39 bits per heavy atom. The molecule has 0 spiro atoms. The zero-order chi connectivity index (χ0) is 20.9. The molecule has 0 radical (unpaired) electrons. The predicted molar refractivity (Wildman–Crippen MR) is 112 cm³/mol. The molecule has 0 unspecified atom stereocenters. The summed E-state index contributed by atoms with van der Waals surface area (Å²) in [6, 6.07) is 11.1. The van der Waals surface area contributed by atoms with Crippen LogP contribution in [-0.2, 0) is 10.0 Å². The fourth-order valence-electron chi connectivity index (χ4n) is 2.78. The number of benzene rings is 2. The van der Waals surface area contributed by atoms with Gasteiger partial charge in [0.05, 0.1) is 21.8 Å². The van der Waals surface area contributed by atoms with Crippen molar-refractivity contribution in [2.45, 2.75) is 18.7 Å². The highest BCUT2D eigenvalue weighted by Crippen LogP contribution is 2.30. The van der Waals surface area contributed by atoms with E-state index >= 15 is 0 Å². The van der Waals surface area contributed by atoms with Crippen LogP contribution in [0.2, 0.25) is 0 Å². The van der Waals surface area contributed by atoms with E-state index in [1.165, 1.54) is 18.2 Å². The van der Waals surface area contributed by atoms with Crippen molar-refractivity contribution in [1.82, 2.24) is 4.90 Å². The Hall–Kier alpha value is -2.58. The molecule has 7 nitrogen and oxygen atoms in total. The number of anilines is 2. The molecule has 0 saturated heterocycles. The smallest absolute Gasteiger partial charge is 0.335 e. The molecule has 2 N–H and O–H groups in total. The Bertz CT molecular complexity index is 942. The van der Waals surface area contributed by atoms with Crippen LogP contribution in [0.3, 0.4) is 0 Å². The molecule has 0 aliphatic rings. The quantitative estimate of drug-likeness (QED) is 0.667. The number of hydrogen-bond donors (Lipinski definition) is 2. The van der Waals surface area contributed by atoms with Crippen LogP contribution in [0.1, 0.15) is 22.8 Å². The molecule has 152 valence electrons. The van der Waals surface area contributed by atoms with Gasteiger partial charge in [0.25, 0.3) is 10.0 Å². The number of carboxylic acids is 1. The van der Waals surface area contributed by atoms with Gasteiger partial charge in [-0.05, 0) is 63.8 Å².